The molecular weight excluding hydrogens is 454 g/mol. The van der Waals surface area contributed by atoms with Gasteiger partial charge in [-0.25, -0.2) is 13.2 Å². The Morgan fingerprint density at radius 1 is 1.12 bits per heavy atom. The lowest BCUT2D eigenvalue weighted by Gasteiger charge is -2.20. The van der Waals surface area contributed by atoms with Gasteiger partial charge in [0.2, 0.25) is 10.0 Å². The summed E-state index contributed by atoms with van der Waals surface area (Å²) < 4.78 is 32.5. The third-order valence-electron chi connectivity index (χ3n) is 5.29. The average molecular weight is 480 g/mol. The van der Waals surface area contributed by atoms with Crippen molar-refractivity contribution in [3.63, 3.8) is 0 Å². The first kappa shape index (κ1) is 24.0. The number of halogens is 1. The summed E-state index contributed by atoms with van der Waals surface area (Å²) in [6, 6.07) is 9.09. The van der Waals surface area contributed by atoms with Crippen molar-refractivity contribution < 1.29 is 22.7 Å². The molecule has 0 aromatic heterocycles. The van der Waals surface area contributed by atoms with E-state index in [1.54, 1.807) is 19.1 Å². The fourth-order valence-electron chi connectivity index (χ4n) is 3.45. The Morgan fingerprint density at radius 3 is 2.50 bits per heavy atom. The zero-order valence-corrected chi connectivity index (χ0v) is 19.3. The van der Waals surface area contributed by atoms with Crippen molar-refractivity contribution in [2.75, 3.05) is 30.7 Å². The van der Waals surface area contributed by atoms with E-state index in [0.29, 0.717) is 13.1 Å². The summed E-state index contributed by atoms with van der Waals surface area (Å²) >= 11 is 6.15. The number of anilines is 2. The minimum Gasteiger partial charge on any atom is -0.452 e. The maximum Gasteiger partial charge on any atom is 0.340 e. The smallest absolute Gasteiger partial charge is 0.340 e. The highest BCUT2D eigenvalue weighted by Crippen LogP contribution is 2.28. The van der Waals surface area contributed by atoms with Gasteiger partial charge in [-0.3, -0.25) is 4.79 Å². The first-order valence-corrected chi connectivity index (χ1v) is 12.1. The standard InChI is InChI=1S/C22H26ClN3O5S/c1-15-7-6-8-17(21(15)24)22(28)31-14-20(27)25-19-13-16(9-10-18(19)23)32(29,30)26-11-4-2-3-5-12-26/h6-10,13H,2-5,11-12,14,24H2,1H3,(H,25,27). The van der Waals surface area contributed by atoms with Crippen molar-refractivity contribution in [3.05, 3.63) is 52.5 Å². The van der Waals surface area contributed by atoms with E-state index in [4.69, 9.17) is 22.1 Å². The summed E-state index contributed by atoms with van der Waals surface area (Å²) in [7, 11) is -3.71. The molecule has 3 rings (SSSR count). The van der Waals surface area contributed by atoms with Crippen LogP contribution in [0.1, 0.15) is 41.6 Å². The highest BCUT2D eigenvalue weighted by Gasteiger charge is 2.26. The number of ether oxygens (including phenoxy) is 1. The number of carbonyl (C=O) groups excluding carboxylic acids is 2. The molecule has 0 aliphatic carbocycles. The number of nitrogens with one attached hydrogen (secondary N) is 1. The first-order chi connectivity index (χ1) is 15.2. The maximum absolute atomic E-state index is 13.0. The Balaban J connectivity index is 1.68. The van der Waals surface area contributed by atoms with Gasteiger partial charge in [-0.2, -0.15) is 4.31 Å². The maximum atomic E-state index is 13.0. The summed E-state index contributed by atoms with van der Waals surface area (Å²) in [5.41, 5.74) is 7.18. The number of hydrogen-bond donors (Lipinski definition) is 2. The van der Waals surface area contributed by atoms with E-state index < -0.39 is 28.5 Å². The van der Waals surface area contributed by atoms with Crippen LogP contribution in [-0.2, 0) is 19.6 Å². The first-order valence-electron chi connectivity index (χ1n) is 10.3. The SMILES string of the molecule is Cc1cccc(C(=O)OCC(=O)Nc2cc(S(=O)(=O)N3CCCCCC3)ccc2Cl)c1N. The number of nitrogens with zero attached hydrogens (tertiary/aromatic N) is 1. The molecule has 1 aliphatic heterocycles. The van der Waals surface area contributed by atoms with Crippen LogP contribution in [0.2, 0.25) is 5.02 Å². The van der Waals surface area contributed by atoms with Gasteiger partial charge in [-0.15, -0.1) is 0 Å². The lowest BCUT2D eigenvalue weighted by atomic mass is 10.1. The number of carbonyl (C=O) groups is 2. The van der Waals surface area contributed by atoms with Crippen LogP contribution >= 0.6 is 11.6 Å². The number of aryl methyl sites for hydroxylation is 1. The zero-order valence-electron chi connectivity index (χ0n) is 17.8. The van der Waals surface area contributed by atoms with Crippen LogP contribution in [0.15, 0.2) is 41.3 Å². The Kier molecular flexibility index (Phi) is 7.76. The van der Waals surface area contributed by atoms with Crippen LogP contribution in [0, 0.1) is 6.92 Å². The molecule has 3 N–H and O–H groups in total. The van der Waals surface area contributed by atoms with Crippen LogP contribution in [0.25, 0.3) is 0 Å². The molecule has 172 valence electrons. The van der Waals surface area contributed by atoms with Crippen molar-refractivity contribution in [1.29, 1.82) is 0 Å². The molecule has 0 bridgehead atoms. The highest BCUT2D eigenvalue weighted by molar-refractivity contribution is 7.89. The van der Waals surface area contributed by atoms with Crippen molar-refractivity contribution in [3.8, 4) is 0 Å². The van der Waals surface area contributed by atoms with Crippen molar-refractivity contribution in [2.45, 2.75) is 37.5 Å². The monoisotopic (exact) mass is 479 g/mol. The van der Waals surface area contributed by atoms with Gasteiger partial charge >= 0.3 is 5.97 Å². The van der Waals surface area contributed by atoms with Gasteiger partial charge in [0, 0.05) is 18.8 Å². The summed E-state index contributed by atoms with van der Waals surface area (Å²) in [6.07, 6.45) is 3.63. The molecule has 0 radical (unpaired) electrons. The van der Waals surface area contributed by atoms with Crippen LogP contribution in [-0.4, -0.2) is 44.3 Å². The van der Waals surface area contributed by atoms with Crippen LogP contribution in [0.4, 0.5) is 11.4 Å². The van der Waals surface area contributed by atoms with Crippen LogP contribution in [0.3, 0.4) is 0 Å². The second-order valence-corrected chi connectivity index (χ2v) is 9.97. The largest absolute Gasteiger partial charge is 0.452 e. The van der Waals surface area contributed by atoms with E-state index in [9.17, 15) is 18.0 Å². The van der Waals surface area contributed by atoms with Gasteiger partial charge in [-0.1, -0.05) is 36.6 Å². The summed E-state index contributed by atoms with van der Waals surface area (Å²) in [5, 5.41) is 2.68. The lowest BCUT2D eigenvalue weighted by molar-refractivity contribution is -0.119. The molecule has 8 nitrogen and oxygen atoms in total. The Hall–Kier alpha value is -2.62. The van der Waals surface area contributed by atoms with Gasteiger partial charge in [0.15, 0.2) is 6.61 Å². The molecule has 2 aromatic rings. The number of para-hydroxylation sites is 1. The van der Waals surface area contributed by atoms with Crippen molar-refractivity contribution in [1.82, 2.24) is 4.31 Å². The second kappa shape index (κ2) is 10.3. The molecule has 0 unspecified atom stereocenters. The van der Waals surface area contributed by atoms with Gasteiger partial charge < -0.3 is 15.8 Å². The molecule has 2 aromatic carbocycles. The fraction of sp³-hybridized carbons (Fsp3) is 0.364. The fourth-order valence-corrected chi connectivity index (χ4v) is 5.15. The number of nitrogens with two attached hydrogens (primary N) is 1. The third-order valence-corrected chi connectivity index (χ3v) is 7.52. The van der Waals surface area contributed by atoms with Gasteiger partial charge in [0.05, 0.1) is 21.2 Å². The number of amides is 1. The van der Waals surface area contributed by atoms with Gasteiger partial charge in [-0.05, 0) is 49.6 Å². The topological polar surface area (TPSA) is 119 Å². The molecular formula is C22H26ClN3O5S. The molecule has 0 atom stereocenters. The molecule has 1 heterocycles. The molecule has 10 heteroatoms. The van der Waals surface area contributed by atoms with Crippen LogP contribution < -0.4 is 11.1 Å². The number of rotatable bonds is 6. The number of esters is 1. The molecule has 1 fully saturated rings. The Labute approximate surface area is 192 Å². The van der Waals surface area contributed by atoms with E-state index in [1.807, 2.05) is 0 Å². The van der Waals surface area contributed by atoms with Gasteiger partial charge in [0.25, 0.3) is 5.91 Å². The molecule has 32 heavy (non-hydrogen) atoms. The Morgan fingerprint density at radius 2 is 1.81 bits per heavy atom. The summed E-state index contributed by atoms with van der Waals surface area (Å²) in [6.45, 7) is 2.11. The molecule has 1 saturated heterocycles. The number of hydrogen-bond acceptors (Lipinski definition) is 6. The minimum atomic E-state index is -3.71. The summed E-state index contributed by atoms with van der Waals surface area (Å²) in [5.74, 6) is -1.39. The Bertz CT molecular complexity index is 1110. The summed E-state index contributed by atoms with van der Waals surface area (Å²) in [4.78, 5) is 24.6. The predicted octanol–water partition coefficient (Wildman–Crippen LogP) is 3.59. The van der Waals surface area contributed by atoms with E-state index in [0.717, 1.165) is 31.2 Å². The van der Waals surface area contributed by atoms with Crippen LogP contribution in [0.5, 0.6) is 0 Å². The lowest BCUT2D eigenvalue weighted by Crippen LogP contribution is -2.32. The quantitative estimate of drug-likeness (QED) is 0.482. The number of nitrogen functional groups attached to an aromatic ring is 1. The molecule has 1 aliphatic rings. The van der Waals surface area contributed by atoms with Crippen molar-refractivity contribution in [2.24, 2.45) is 0 Å². The van der Waals surface area contributed by atoms with E-state index in [1.165, 1.54) is 28.6 Å². The normalized spacial score (nSPS) is 15.1. The number of benzene rings is 2. The highest BCUT2D eigenvalue weighted by atomic mass is 35.5. The molecule has 0 saturated carbocycles. The molecule has 0 spiro atoms. The minimum absolute atomic E-state index is 0.0450. The van der Waals surface area contributed by atoms with Crippen molar-refractivity contribution >= 4 is 44.9 Å². The third kappa shape index (κ3) is 5.59. The predicted molar refractivity (Wildman–Crippen MR) is 123 cm³/mol. The van der Waals surface area contributed by atoms with E-state index in [-0.39, 0.29) is 26.9 Å². The zero-order chi connectivity index (χ0) is 23.3. The van der Waals surface area contributed by atoms with Gasteiger partial charge in [0.1, 0.15) is 0 Å². The average Bonchev–Trinajstić information content (AvgIpc) is 3.05. The van der Waals surface area contributed by atoms with E-state index >= 15 is 0 Å². The van der Waals surface area contributed by atoms with E-state index in [2.05, 4.69) is 5.32 Å². The number of sulfonamides is 1. The molecule has 1 amide bonds. The second-order valence-electron chi connectivity index (χ2n) is 7.62.